The van der Waals surface area contributed by atoms with Crippen molar-refractivity contribution in [3.63, 3.8) is 0 Å². The van der Waals surface area contributed by atoms with Gasteiger partial charge in [0.2, 0.25) is 0 Å². The molecule has 26 heavy (non-hydrogen) atoms. The van der Waals surface area contributed by atoms with Gasteiger partial charge < -0.3 is 24.4 Å². The van der Waals surface area contributed by atoms with Gasteiger partial charge in [-0.25, -0.2) is 4.79 Å². The predicted octanol–water partition coefficient (Wildman–Crippen LogP) is 3.06. The molecule has 0 aliphatic carbocycles. The number of hydrogen-bond acceptors (Lipinski definition) is 4. The van der Waals surface area contributed by atoms with Crippen molar-refractivity contribution >= 4 is 6.03 Å². The molecule has 0 saturated carbocycles. The largest absolute Gasteiger partial charge is 0.497 e. The zero-order valence-electron chi connectivity index (χ0n) is 15.5. The molecule has 6 nitrogen and oxygen atoms in total. The summed E-state index contributed by atoms with van der Waals surface area (Å²) >= 11 is 0. The van der Waals surface area contributed by atoms with E-state index in [4.69, 9.17) is 14.2 Å². The van der Waals surface area contributed by atoms with Crippen molar-refractivity contribution in [3.8, 4) is 11.5 Å². The van der Waals surface area contributed by atoms with Gasteiger partial charge in [0, 0.05) is 26.7 Å². The Labute approximate surface area is 154 Å². The fourth-order valence-corrected chi connectivity index (χ4v) is 2.47. The minimum Gasteiger partial charge on any atom is -0.497 e. The number of urea groups is 1. The fraction of sp³-hybridized carbons (Fsp3) is 0.350. The van der Waals surface area contributed by atoms with Crippen molar-refractivity contribution in [3.05, 3.63) is 59.7 Å². The van der Waals surface area contributed by atoms with Gasteiger partial charge in [0.05, 0.1) is 20.8 Å². The van der Waals surface area contributed by atoms with E-state index in [-0.39, 0.29) is 6.03 Å². The predicted molar refractivity (Wildman–Crippen MR) is 101 cm³/mol. The summed E-state index contributed by atoms with van der Waals surface area (Å²) in [6.07, 6.45) is 0. The first-order valence-corrected chi connectivity index (χ1v) is 8.44. The summed E-state index contributed by atoms with van der Waals surface area (Å²) in [6, 6.07) is 15.3. The number of benzene rings is 2. The summed E-state index contributed by atoms with van der Waals surface area (Å²) in [6.45, 7) is 1.94. The lowest BCUT2D eigenvalue weighted by molar-refractivity contribution is 0.176. The first-order valence-electron chi connectivity index (χ1n) is 8.44. The SMILES string of the molecule is COCCNC(=O)N(Cc1ccc(OC)cc1)Cc1ccc(OC)cc1. The van der Waals surface area contributed by atoms with Crippen LogP contribution in [0.25, 0.3) is 0 Å². The topological polar surface area (TPSA) is 60.0 Å². The molecule has 1 N–H and O–H groups in total. The van der Waals surface area contributed by atoms with E-state index in [0.717, 1.165) is 22.6 Å². The maximum absolute atomic E-state index is 12.6. The van der Waals surface area contributed by atoms with E-state index < -0.39 is 0 Å². The van der Waals surface area contributed by atoms with Gasteiger partial charge in [-0.05, 0) is 35.4 Å². The summed E-state index contributed by atoms with van der Waals surface area (Å²) in [5.41, 5.74) is 2.06. The van der Waals surface area contributed by atoms with Crippen LogP contribution in [-0.2, 0) is 17.8 Å². The van der Waals surface area contributed by atoms with E-state index >= 15 is 0 Å². The Balaban J connectivity index is 2.09. The molecule has 2 rings (SSSR count). The number of nitrogens with one attached hydrogen (secondary N) is 1. The molecular weight excluding hydrogens is 332 g/mol. The van der Waals surface area contributed by atoms with Gasteiger partial charge in [-0.3, -0.25) is 0 Å². The van der Waals surface area contributed by atoms with Crippen LogP contribution in [0.15, 0.2) is 48.5 Å². The Morgan fingerprint density at radius 3 is 1.69 bits per heavy atom. The normalized spacial score (nSPS) is 10.3. The van der Waals surface area contributed by atoms with Crippen LogP contribution in [0.2, 0.25) is 0 Å². The third kappa shape index (κ3) is 5.97. The summed E-state index contributed by atoms with van der Waals surface area (Å²) in [5, 5.41) is 2.88. The quantitative estimate of drug-likeness (QED) is 0.700. The number of rotatable bonds is 9. The van der Waals surface area contributed by atoms with Crippen molar-refractivity contribution in [2.75, 3.05) is 34.5 Å². The van der Waals surface area contributed by atoms with Crippen molar-refractivity contribution < 1.29 is 19.0 Å². The molecule has 0 heterocycles. The highest BCUT2D eigenvalue weighted by Crippen LogP contribution is 2.17. The van der Waals surface area contributed by atoms with Crippen molar-refractivity contribution in [2.45, 2.75) is 13.1 Å². The summed E-state index contributed by atoms with van der Waals surface area (Å²) in [5.74, 6) is 1.58. The molecule has 140 valence electrons. The van der Waals surface area contributed by atoms with Crippen LogP contribution < -0.4 is 14.8 Å². The minimum atomic E-state index is -0.131. The third-order valence-corrected chi connectivity index (χ3v) is 3.93. The van der Waals surface area contributed by atoms with Gasteiger partial charge in [0.25, 0.3) is 0 Å². The second-order valence-electron chi connectivity index (χ2n) is 5.78. The van der Waals surface area contributed by atoms with E-state index in [1.807, 2.05) is 48.5 Å². The van der Waals surface area contributed by atoms with Crippen LogP contribution in [-0.4, -0.2) is 45.4 Å². The molecule has 0 aromatic heterocycles. The van der Waals surface area contributed by atoms with E-state index in [9.17, 15) is 4.79 Å². The highest BCUT2D eigenvalue weighted by Gasteiger charge is 2.14. The molecule has 0 radical (unpaired) electrons. The second-order valence-corrected chi connectivity index (χ2v) is 5.78. The average molecular weight is 358 g/mol. The van der Waals surface area contributed by atoms with Gasteiger partial charge in [-0.2, -0.15) is 0 Å². The lowest BCUT2D eigenvalue weighted by Crippen LogP contribution is -2.40. The Hall–Kier alpha value is -2.73. The molecule has 0 unspecified atom stereocenters. The van der Waals surface area contributed by atoms with Crippen LogP contribution in [0.5, 0.6) is 11.5 Å². The van der Waals surface area contributed by atoms with Crippen molar-refractivity contribution in [1.82, 2.24) is 10.2 Å². The Bertz CT molecular complexity index is 622. The number of ether oxygens (including phenoxy) is 3. The van der Waals surface area contributed by atoms with Crippen LogP contribution >= 0.6 is 0 Å². The summed E-state index contributed by atoms with van der Waals surface area (Å²) in [7, 11) is 4.88. The van der Waals surface area contributed by atoms with Gasteiger partial charge in [0.1, 0.15) is 11.5 Å². The zero-order valence-corrected chi connectivity index (χ0v) is 15.5. The van der Waals surface area contributed by atoms with E-state index in [2.05, 4.69) is 5.32 Å². The zero-order chi connectivity index (χ0) is 18.8. The molecule has 0 aliphatic heterocycles. The van der Waals surface area contributed by atoms with Gasteiger partial charge >= 0.3 is 6.03 Å². The van der Waals surface area contributed by atoms with E-state index in [0.29, 0.717) is 26.2 Å². The second kappa shape index (κ2) is 10.3. The Morgan fingerprint density at radius 1 is 0.846 bits per heavy atom. The maximum Gasteiger partial charge on any atom is 0.318 e. The standard InChI is InChI=1S/C20H26N2O4/c1-24-13-12-21-20(23)22(14-16-4-8-18(25-2)9-5-16)15-17-6-10-19(26-3)11-7-17/h4-11H,12-15H2,1-3H3,(H,21,23). The number of carbonyl (C=O) groups is 1. The molecule has 6 heteroatoms. The van der Waals surface area contributed by atoms with Crippen molar-refractivity contribution in [1.29, 1.82) is 0 Å². The molecule has 0 fully saturated rings. The number of methoxy groups -OCH3 is 3. The lowest BCUT2D eigenvalue weighted by atomic mass is 10.1. The van der Waals surface area contributed by atoms with Crippen LogP contribution in [0, 0.1) is 0 Å². The molecule has 0 aliphatic rings. The van der Waals surface area contributed by atoms with E-state index in [1.54, 1.807) is 26.2 Å². The Morgan fingerprint density at radius 2 is 1.31 bits per heavy atom. The molecule has 2 aromatic rings. The number of carbonyl (C=O) groups excluding carboxylic acids is 1. The molecule has 0 spiro atoms. The highest BCUT2D eigenvalue weighted by atomic mass is 16.5. The minimum absolute atomic E-state index is 0.131. The number of amides is 2. The summed E-state index contributed by atoms with van der Waals surface area (Å²) in [4.78, 5) is 14.3. The van der Waals surface area contributed by atoms with Crippen LogP contribution in [0.3, 0.4) is 0 Å². The Kier molecular flexibility index (Phi) is 7.76. The van der Waals surface area contributed by atoms with E-state index in [1.165, 1.54) is 0 Å². The smallest absolute Gasteiger partial charge is 0.318 e. The number of nitrogens with zero attached hydrogens (tertiary/aromatic N) is 1. The lowest BCUT2D eigenvalue weighted by Gasteiger charge is -2.23. The molecule has 2 aromatic carbocycles. The van der Waals surface area contributed by atoms with Crippen molar-refractivity contribution in [2.24, 2.45) is 0 Å². The first kappa shape index (κ1) is 19.6. The highest BCUT2D eigenvalue weighted by molar-refractivity contribution is 5.74. The van der Waals surface area contributed by atoms with Gasteiger partial charge in [-0.15, -0.1) is 0 Å². The van der Waals surface area contributed by atoms with Crippen LogP contribution in [0.1, 0.15) is 11.1 Å². The maximum atomic E-state index is 12.6. The average Bonchev–Trinajstić information content (AvgIpc) is 2.68. The van der Waals surface area contributed by atoms with Crippen LogP contribution in [0.4, 0.5) is 4.79 Å². The monoisotopic (exact) mass is 358 g/mol. The molecular formula is C20H26N2O4. The summed E-state index contributed by atoms with van der Waals surface area (Å²) < 4.78 is 15.4. The third-order valence-electron chi connectivity index (χ3n) is 3.93. The molecule has 0 bridgehead atoms. The first-order chi connectivity index (χ1) is 12.7. The number of hydrogen-bond donors (Lipinski definition) is 1. The molecule has 2 amide bonds. The molecule has 0 atom stereocenters. The molecule has 0 saturated heterocycles. The van der Waals surface area contributed by atoms with Gasteiger partial charge in [-0.1, -0.05) is 24.3 Å². The fourth-order valence-electron chi connectivity index (χ4n) is 2.47. The van der Waals surface area contributed by atoms with Gasteiger partial charge in [0.15, 0.2) is 0 Å².